The van der Waals surface area contributed by atoms with E-state index in [0.29, 0.717) is 6.04 Å². The van der Waals surface area contributed by atoms with Gasteiger partial charge in [0, 0.05) is 30.4 Å². The summed E-state index contributed by atoms with van der Waals surface area (Å²) >= 11 is 8.33. The van der Waals surface area contributed by atoms with Gasteiger partial charge in [-0.3, -0.25) is 4.68 Å². The lowest BCUT2D eigenvalue weighted by atomic mass is 10.2. The monoisotopic (exact) mass is 287 g/mol. The molecule has 102 valence electrons. The highest BCUT2D eigenvalue weighted by atomic mass is 35.5. The zero-order chi connectivity index (χ0) is 13.1. The Morgan fingerprint density at radius 3 is 2.89 bits per heavy atom. The van der Waals surface area contributed by atoms with Gasteiger partial charge in [-0.25, -0.2) is 0 Å². The van der Waals surface area contributed by atoms with Gasteiger partial charge in [-0.05, 0) is 31.9 Å². The molecular weight excluding hydrogens is 266 g/mol. The van der Waals surface area contributed by atoms with E-state index in [2.05, 4.69) is 29.1 Å². The molecule has 0 aliphatic heterocycles. The van der Waals surface area contributed by atoms with Crippen molar-refractivity contribution >= 4 is 23.4 Å². The van der Waals surface area contributed by atoms with Crippen molar-refractivity contribution in [2.24, 2.45) is 7.05 Å². The maximum absolute atomic E-state index is 6.23. The third-order valence-electron chi connectivity index (χ3n) is 3.62. The lowest BCUT2D eigenvalue weighted by Gasteiger charge is -2.13. The van der Waals surface area contributed by atoms with E-state index in [1.807, 2.05) is 14.0 Å². The predicted molar refractivity (Wildman–Crippen MR) is 79.4 cm³/mol. The third-order valence-corrected chi connectivity index (χ3v) is 5.33. The van der Waals surface area contributed by atoms with Crippen LogP contribution in [0.5, 0.6) is 0 Å². The Hall–Kier alpha value is -0.190. The highest BCUT2D eigenvalue weighted by Gasteiger charge is 2.24. The Bertz CT molecular complexity index is 405. The number of hydrogen-bond donors (Lipinski definition) is 1. The molecule has 5 heteroatoms. The van der Waals surface area contributed by atoms with Crippen molar-refractivity contribution in [1.29, 1.82) is 0 Å². The van der Waals surface area contributed by atoms with Crippen LogP contribution in [0.15, 0.2) is 0 Å². The molecule has 0 radical (unpaired) electrons. The minimum absolute atomic E-state index is 0.643. The van der Waals surface area contributed by atoms with Crippen LogP contribution < -0.4 is 5.32 Å². The number of halogens is 1. The molecule has 18 heavy (non-hydrogen) atoms. The number of nitrogens with one attached hydrogen (secondary N) is 1. The van der Waals surface area contributed by atoms with Gasteiger partial charge in [-0.15, -0.1) is 0 Å². The number of hydrogen-bond acceptors (Lipinski definition) is 3. The lowest BCUT2D eigenvalue weighted by molar-refractivity contribution is 0.524. The van der Waals surface area contributed by atoms with Crippen LogP contribution in [-0.2, 0) is 13.6 Å². The summed E-state index contributed by atoms with van der Waals surface area (Å²) in [4.78, 5) is 0. The fraction of sp³-hybridized carbons (Fsp3) is 0.769. The van der Waals surface area contributed by atoms with E-state index in [1.165, 1.54) is 25.0 Å². The van der Waals surface area contributed by atoms with Crippen molar-refractivity contribution in [1.82, 2.24) is 15.1 Å². The summed E-state index contributed by atoms with van der Waals surface area (Å²) in [5.74, 6) is 1.23. The average molecular weight is 288 g/mol. The van der Waals surface area contributed by atoms with Crippen LogP contribution >= 0.6 is 23.4 Å². The Balaban J connectivity index is 1.85. The molecule has 1 aromatic heterocycles. The molecule has 0 aromatic carbocycles. The first-order valence-electron chi connectivity index (χ1n) is 6.64. The van der Waals surface area contributed by atoms with Crippen molar-refractivity contribution in [2.75, 3.05) is 5.75 Å². The molecule has 1 fully saturated rings. The molecule has 0 bridgehead atoms. The molecule has 2 unspecified atom stereocenters. The predicted octanol–water partition coefficient (Wildman–Crippen LogP) is 3.15. The first-order valence-corrected chi connectivity index (χ1v) is 8.07. The summed E-state index contributed by atoms with van der Waals surface area (Å²) in [5, 5.41) is 9.58. The average Bonchev–Trinajstić information content (AvgIpc) is 2.85. The van der Waals surface area contributed by atoms with Crippen molar-refractivity contribution < 1.29 is 0 Å². The molecule has 1 N–H and O–H groups in total. The van der Waals surface area contributed by atoms with Gasteiger partial charge >= 0.3 is 0 Å². The SMILES string of the molecule is CCSC1CCC(NCc2c(C)nn(C)c2Cl)C1. The van der Waals surface area contributed by atoms with Crippen molar-refractivity contribution in [2.45, 2.75) is 50.9 Å². The minimum Gasteiger partial charge on any atom is -0.310 e. The van der Waals surface area contributed by atoms with Crippen LogP contribution in [0.3, 0.4) is 0 Å². The zero-order valence-corrected chi connectivity index (χ0v) is 12.9. The second kappa shape index (κ2) is 6.31. The Kier molecular flexibility index (Phi) is 4.98. The fourth-order valence-corrected chi connectivity index (χ4v) is 4.02. The van der Waals surface area contributed by atoms with Crippen molar-refractivity contribution in [3.63, 3.8) is 0 Å². The molecule has 0 spiro atoms. The molecule has 2 atom stereocenters. The van der Waals surface area contributed by atoms with Gasteiger partial charge in [0.1, 0.15) is 5.15 Å². The standard InChI is InChI=1S/C13H22ClN3S/c1-4-18-11-6-5-10(7-11)15-8-12-9(2)16-17(3)13(12)14/h10-11,15H,4-8H2,1-3H3. The molecule has 1 heterocycles. The van der Waals surface area contributed by atoms with Gasteiger partial charge in [0.25, 0.3) is 0 Å². The maximum atomic E-state index is 6.23. The van der Waals surface area contributed by atoms with Crippen LogP contribution in [0.2, 0.25) is 5.15 Å². The number of aromatic nitrogens is 2. The molecule has 1 saturated carbocycles. The summed E-state index contributed by atoms with van der Waals surface area (Å²) in [6.45, 7) is 5.10. The van der Waals surface area contributed by atoms with E-state index in [4.69, 9.17) is 11.6 Å². The number of thioether (sulfide) groups is 1. The van der Waals surface area contributed by atoms with E-state index in [0.717, 1.165) is 28.2 Å². The van der Waals surface area contributed by atoms with Crippen LogP contribution in [0.25, 0.3) is 0 Å². The van der Waals surface area contributed by atoms with E-state index < -0.39 is 0 Å². The van der Waals surface area contributed by atoms with Crippen molar-refractivity contribution in [3.8, 4) is 0 Å². The van der Waals surface area contributed by atoms with Gasteiger partial charge in [0.05, 0.1) is 5.69 Å². The second-order valence-electron chi connectivity index (χ2n) is 4.95. The molecule has 1 aliphatic rings. The zero-order valence-electron chi connectivity index (χ0n) is 11.4. The molecule has 0 amide bonds. The van der Waals surface area contributed by atoms with E-state index in [9.17, 15) is 0 Å². The number of rotatable bonds is 5. The Labute approximate surface area is 119 Å². The summed E-state index contributed by atoms with van der Waals surface area (Å²) < 4.78 is 1.75. The van der Waals surface area contributed by atoms with Crippen molar-refractivity contribution in [3.05, 3.63) is 16.4 Å². The molecule has 1 aromatic rings. The Morgan fingerprint density at radius 1 is 1.50 bits per heavy atom. The smallest absolute Gasteiger partial charge is 0.131 e. The number of aryl methyl sites for hydroxylation is 2. The second-order valence-corrected chi connectivity index (χ2v) is 6.88. The topological polar surface area (TPSA) is 29.9 Å². The first kappa shape index (κ1) is 14.2. The normalized spacial score (nSPS) is 23.8. The molecule has 2 rings (SSSR count). The van der Waals surface area contributed by atoms with Gasteiger partial charge in [-0.1, -0.05) is 18.5 Å². The summed E-state index contributed by atoms with van der Waals surface area (Å²) in [6.07, 6.45) is 3.92. The third kappa shape index (κ3) is 3.22. The molecule has 3 nitrogen and oxygen atoms in total. The first-order chi connectivity index (χ1) is 8.61. The molecule has 1 aliphatic carbocycles. The minimum atomic E-state index is 0.643. The lowest BCUT2D eigenvalue weighted by Crippen LogP contribution is -2.26. The maximum Gasteiger partial charge on any atom is 0.131 e. The van der Waals surface area contributed by atoms with E-state index >= 15 is 0 Å². The molecule has 0 saturated heterocycles. The van der Waals surface area contributed by atoms with Gasteiger partial charge in [-0.2, -0.15) is 16.9 Å². The van der Waals surface area contributed by atoms with Crippen LogP contribution in [-0.4, -0.2) is 26.8 Å². The largest absolute Gasteiger partial charge is 0.310 e. The highest BCUT2D eigenvalue weighted by molar-refractivity contribution is 7.99. The molecular formula is C13H22ClN3S. The van der Waals surface area contributed by atoms with Gasteiger partial charge in [0.2, 0.25) is 0 Å². The fourth-order valence-electron chi connectivity index (χ4n) is 2.63. The van der Waals surface area contributed by atoms with Crippen LogP contribution in [0.4, 0.5) is 0 Å². The summed E-state index contributed by atoms with van der Waals surface area (Å²) in [6, 6.07) is 0.643. The summed E-state index contributed by atoms with van der Waals surface area (Å²) in [5.41, 5.74) is 2.18. The van der Waals surface area contributed by atoms with Gasteiger partial charge < -0.3 is 5.32 Å². The Morgan fingerprint density at radius 2 is 2.28 bits per heavy atom. The van der Waals surface area contributed by atoms with Gasteiger partial charge in [0.15, 0.2) is 0 Å². The highest BCUT2D eigenvalue weighted by Crippen LogP contribution is 2.30. The van der Waals surface area contributed by atoms with E-state index in [1.54, 1.807) is 4.68 Å². The summed E-state index contributed by atoms with van der Waals surface area (Å²) in [7, 11) is 1.89. The number of nitrogens with zero attached hydrogens (tertiary/aromatic N) is 2. The quantitative estimate of drug-likeness (QED) is 0.902. The van der Waals surface area contributed by atoms with Crippen LogP contribution in [0.1, 0.15) is 37.4 Å². The van der Waals surface area contributed by atoms with E-state index in [-0.39, 0.29) is 0 Å². The van der Waals surface area contributed by atoms with Crippen LogP contribution in [0, 0.1) is 6.92 Å².